The molecule has 7 nitrogen and oxygen atoms in total. The van der Waals surface area contributed by atoms with Gasteiger partial charge in [-0.1, -0.05) is 12.1 Å². The zero-order valence-corrected chi connectivity index (χ0v) is 16.6. The Morgan fingerprint density at radius 3 is 2.53 bits per heavy atom. The van der Waals surface area contributed by atoms with Gasteiger partial charge in [0.05, 0.1) is 16.2 Å². The van der Waals surface area contributed by atoms with Crippen molar-refractivity contribution in [2.24, 2.45) is 0 Å². The normalized spacial score (nSPS) is 11.7. The maximum atomic E-state index is 13.3. The summed E-state index contributed by atoms with van der Waals surface area (Å²) in [5.74, 6) is -1.51. The van der Waals surface area contributed by atoms with E-state index in [1.807, 2.05) is 0 Å². The lowest BCUT2D eigenvalue weighted by Crippen LogP contribution is -2.07. The fourth-order valence-corrected chi connectivity index (χ4v) is 3.82. The van der Waals surface area contributed by atoms with E-state index in [0.717, 1.165) is 11.8 Å². The molecule has 0 saturated carbocycles. The lowest BCUT2D eigenvalue weighted by molar-refractivity contribution is 0.0697. The molecule has 0 saturated heterocycles. The number of nitrogens with zero attached hydrogens (tertiary/aromatic N) is 3. The number of aromatic nitrogens is 3. The molecule has 1 N–H and O–H groups in total. The van der Waals surface area contributed by atoms with Crippen molar-refractivity contribution in [1.29, 1.82) is 0 Å². The first-order valence-electron chi connectivity index (χ1n) is 8.86. The van der Waals surface area contributed by atoms with E-state index in [0.29, 0.717) is 16.7 Å². The van der Waals surface area contributed by atoms with Crippen molar-refractivity contribution < 1.29 is 22.7 Å². The average Bonchev–Trinajstić information content (AvgIpc) is 3.06. The quantitative estimate of drug-likeness (QED) is 0.526. The van der Waals surface area contributed by atoms with Gasteiger partial charge in [-0.3, -0.25) is 4.98 Å². The highest BCUT2D eigenvalue weighted by Crippen LogP contribution is 2.30. The zero-order valence-electron chi connectivity index (χ0n) is 15.8. The summed E-state index contributed by atoms with van der Waals surface area (Å²) in [6, 6.07) is 12.0. The molecule has 0 aliphatic heterocycles. The fourth-order valence-electron chi connectivity index (χ4n) is 3.24. The number of benzene rings is 1. The predicted molar refractivity (Wildman–Crippen MR) is 109 cm³/mol. The van der Waals surface area contributed by atoms with Crippen LogP contribution in [-0.4, -0.2) is 40.3 Å². The summed E-state index contributed by atoms with van der Waals surface area (Å²) >= 11 is 0. The molecule has 152 valence electrons. The second kappa shape index (κ2) is 7.34. The van der Waals surface area contributed by atoms with Crippen LogP contribution in [0.5, 0.6) is 0 Å². The highest BCUT2D eigenvalue weighted by Gasteiger charge is 2.20. The molecule has 30 heavy (non-hydrogen) atoms. The Kier molecular flexibility index (Phi) is 4.83. The van der Waals surface area contributed by atoms with Crippen molar-refractivity contribution in [3.05, 3.63) is 77.9 Å². The number of hydrogen-bond acceptors (Lipinski definition) is 5. The van der Waals surface area contributed by atoms with Gasteiger partial charge in [0.15, 0.2) is 9.84 Å². The van der Waals surface area contributed by atoms with Gasteiger partial charge in [0, 0.05) is 30.6 Å². The van der Waals surface area contributed by atoms with E-state index in [2.05, 4.69) is 9.97 Å². The Balaban J connectivity index is 1.98. The number of carboxylic acid groups (broad SMARTS) is 1. The van der Waals surface area contributed by atoms with Gasteiger partial charge in [-0.2, -0.15) is 0 Å². The van der Waals surface area contributed by atoms with Crippen LogP contribution in [0.2, 0.25) is 0 Å². The second-order valence-electron chi connectivity index (χ2n) is 6.80. The molecule has 4 rings (SSSR count). The molecule has 0 aliphatic rings. The van der Waals surface area contributed by atoms with Crippen molar-refractivity contribution in [3.8, 4) is 11.4 Å². The maximum Gasteiger partial charge on any atom is 0.337 e. The summed E-state index contributed by atoms with van der Waals surface area (Å²) in [4.78, 5) is 20.3. The Bertz CT molecular complexity index is 1380. The SMILES string of the molecule is CS(=O)(=O)c1cnc2c(c1)cc(-c1ncccc1C(=O)O)n2Cc1ccc(F)cc1. The first kappa shape index (κ1) is 19.7. The lowest BCUT2D eigenvalue weighted by atomic mass is 10.1. The van der Waals surface area contributed by atoms with Crippen molar-refractivity contribution in [1.82, 2.24) is 14.5 Å². The number of fused-ring (bicyclic) bond motifs is 1. The van der Waals surface area contributed by atoms with Gasteiger partial charge in [-0.15, -0.1) is 0 Å². The van der Waals surface area contributed by atoms with Crippen LogP contribution in [0.1, 0.15) is 15.9 Å². The molecule has 0 fully saturated rings. The Morgan fingerprint density at radius 2 is 1.87 bits per heavy atom. The van der Waals surface area contributed by atoms with Crippen LogP contribution < -0.4 is 0 Å². The molecule has 0 spiro atoms. The Labute approximate surface area is 171 Å². The largest absolute Gasteiger partial charge is 0.478 e. The summed E-state index contributed by atoms with van der Waals surface area (Å²) in [7, 11) is -3.47. The number of hydrogen-bond donors (Lipinski definition) is 1. The average molecular weight is 425 g/mol. The van der Waals surface area contributed by atoms with E-state index in [1.165, 1.54) is 42.7 Å². The van der Waals surface area contributed by atoms with Gasteiger partial charge in [0.1, 0.15) is 17.2 Å². The van der Waals surface area contributed by atoms with Crippen molar-refractivity contribution in [2.75, 3.05) is 6.26 Å². The van der Waals surface area contributed by atoms with E-state index in [1.54, 1.807) is 22.8 Å². The molecule has 0 atom stereocenters. The predicted octanol–water partition coefficient (Wildman–Crippen LogP) is 3.39. The van der Waals surface area contributed by atoms with E-state index in [9.17, 15) is 22.7 Å². The highest BCUT2D eigenvalue weighted by molar-refractivity contribution is 7.90. The maximum absolute atomic E-state index is 13.3. The van der Waals surface area contributed by atoms with Gasteiger partial charge in [0.25, 0.3) is 0 Å². The summed E-state index contributed by atoms with van der Waals surface area (Å²) in [6.07, 6.45) is 3.84. The topological polar surface area (TPSA) is 102 Å². The zero-order chi connectivity index (χ0) is 21.5. The second-order valence-corrected chi connectivity index (χ2v) is 8.82. The van der Waals surface area contributed by atoms with Crippen LogP contribution in [0.3, 0.4) is 0 Å². The first-order valence-corrected chi connectivity index (χ1v) is 10.8. The number of aromatic carboxylic acids is 1. The lowest BCUT2D eigenvalue weighted by Gasteiger charge is -2.12. The summed E-state index contributed by atoms with van der Waals surface area (Å²) in [5.41, 5.74) is 1.92. The minimum Gasteiger partial charge on any atom is -0.478 e. The number of carbonyl (C=O) groups is 1. The number of carboxylic acids is 1. The van der Waals surface area contributed by atoms with Gasteiger partial charge >= 0.3 is 5.97 Å². The van der Waals surface area contributed by atoms with Crippen molar-refractivity contribution in [3.63, 3.8) is 0 Å². The van der Waals surface area contributed by atoms with E-state index in [4.69, 9.17) is 0 Å². The van der Waals surface area contributed by atoms with Gasteiger partial charge in [-0.05, 0) is 42.0 Å². The summed E-state index contributed by atoms with van der Waals surface area (Å²) < 4.78 is 38.9. The third kappa shape index (κ3) is 3.67. The number of sulfone groups is 1. The van der Waals surface area contributed by atoms with Crippen LogP contribution in [0.4, 0.5) is 4.39 Å². The molecule has 0 amide bonds. The molecule has 0 unspecified atom stereocenters. The number of pyridine rings is 2. The fraction of sp³-hybridized carbons (Fsp3) is 0.0952. The van der Waals surface area contributed by atoms with Crippen LogP contribution in [-0.2, 0) is 16.4 Å². The van der Waals surface area contributed by atoms with Crippen molar-refractivity contribution in [2.45, 2.75) is 11.4 Å². The van der Waals surface area contributed by atoms with Crippen LogP contribution in [0.25, 0.3) is 22.4 Å². The third-order valence-electron chi connectivity index (χ3n) is 4.67. The molecule has 3 heterocycles. The van der Waals surface area contributed by atoms with Gasteiger partial charge in [0.2, 0.25) is 0 Å². The minimum absolute atomic E-state index is 0.00370. The molecular weight excluding hydrogens is 409 g/mol. The van der Waals surface area contributed by atoms with Crippen LogP contribution in [0, 0.1) is 5.82 Å². The van der Waals surface area contributed by atoms with Gasteiger partial charge in [-0.25, -0.2) is 22.6 Å². The first-order chi connectivity index (χ1) is 14.2. The summed E-state index contributed by atoms with van der Waals surface area (Å²) in [6.45, 7) is 0.264. The van der Waals surface area contributed by atoms with E-state index >= 15 is 0 Å². The molecule has 0 radical (unpaired) electrons. The van der Waals surface area contributed by atoms with Crippen LogP contribution >= 0.6 is 0 Å². The van der Waals surface area contributed by atoms with Crippen LogP contribution in [0.15, 0.2) is 65.8 Å². The number of rotatable bonds is 5. The monoisotopic (exact) mass is 425 g/mol. The van der Waals surface area contributed by atoms with E-state index < -0.39 is 15.8 Å². The standard InChI is InChI=1S/C21H16FN3O4S/c1-30(28,29)16-9-14-10-18(19-17(21(26)27)3-2-8-23-19)25(20(14)24-11-16)12-13-4-6-15(22)7-5-13/h2-11H,12H2,1H3,(H,26,27). The molecule has 3 aromatic heterocycles. The molecule has 0 bridgehead atoms. The minimum atomic E-state index is -3.47. The van der Waals surface area contributed by atoms with E-state index in [-0.39, 0.29) is 28.5 Å². The van der Waals surface area contributed by atoms with Gasteiger partial charge < -0.3 is 9.67 Å². The van der Waals surface area contributed by atoms with Crippen molar-refractivity contribution >= 4 is 26.8 Å². The highest BCUT2D eigenvalue weighted by atomic mass is 32.2. The molecular formula is C21H16FN3O4S. The Morgan fingerprint density at radius 1 is 1.13 bits per heavy atom. The number of halogens is 1. The molecule has 4 aromatic rings. The molecule has 1 aromatic carbocycles. The Hall–Kier alpha value is -3.59. The smallest absolute Gasteiger partial charge is 0.337 e. The summed E-state index contributed by atoms with van der Waals surface area (Å²) in [5, 5.41) is 10.1. The third-order valence-corrected chi connectivity index (χ3v) is 5.75. The molecule has 9 heteroatoms. The molecule has 0 aliphatic carbocycles.